The van der Waals surface area contributed by atoms with Crippen LogP contribution in [0.4, 0.5) is 4.39 Å². The van der Waals surface area contributed by atoms with Crippen molar-refractivity contribution >= 4 is 5.91 Å². The van der Waals surface area contributed by atoms with Gasteiger partial charge in [-0.2, -0.15) is 4.98 Å². The van der Waals surface area contributed by atoms with Gasteiger partial charge in [0.05, 0.1) is 0 Å². The number of amides is 1. The summed E-state index contributed by atoms with van der Waals surface area (Å²) in [6.45, 7) is 3.93. The maximum Gasteiger partial charge on any atom is 0.280 e. The molecule has 1 aromatic rings. The average Bonchev–Trinajstić information content (AvgIpc) is 3.19. The highest BCUT2D eigenvalue weighted by Gasteiger charge is 2.42. The molecule has 22 heavy (non-hydrogen) atoms. The minimum absolute atomic E-state index is 0.321. The molecule has 1 saturated heterocycles. The van der Waals surface area contributed by atoms with E-state index < -0.39 is 17.3 Å². The molecule has 1 N–H and O–H groups in total. The average molecular weight is 309 g/mol. The highest BCUT2D eigenvalue weighted by atomic mass is 19.1. The third-order valence-corrected chi connectivity index (χ3v) is 4.52. The van der Waals surface area contributed by atoms with Gasteiger partial charge in [0.1, 0.15) is 5.54 Å². The summed E-state index contributed by atoms with van der Waals surface area (Å²) < 4.78 is 23.8. The lowest BCUT2D eigenvalue weighted by Crippen LogP contribution is -2.49. The van der Waals surface area contributed by atoms with Crippen LogP contribution >= 0.6 is 0 Å². The van der Waals surface area contributed by atoms with Gasteiger partial charge in [-0.1, -0.05) is 24.6 Å². The van der Waals surface area contributed by atoms with Gasteiger partial charge in [0.2, 0.25) is 0 Å². The number of carbonyl (C=O) groups is 1. The van der Waals surface area contributed by atoms with Gasteiger partial charge in [-0.05, 0) is 12.8 Å². The van der Waals surface area contributed by atoms with Crippen molar-refractivity contribution in [2.75, 3.05) is 13.2 Å². The van der Waals surface area contributed by atoms with Gasteiger partial charge in [-0.15, -0.1) is 0 Å². The van der Waals surface area contributed by atoms with E-state index in [1.54, 1.807) is 0 Å². The van der Waals surface area contributed by atoms with Crippen LogP contribution in [0.3, 0.4) is 0 Å². The van der Waals surface area contributed by atoms with Gasteiger partial charge in [-0.3, -0.25) is 4.79 Å². The van der Waals surface area contributed by atoms with Gasteiger partial charge < -0.3 is 14.6 Å². The van der Waals surface area contributed by atoms with Gasteiger partial charge >= 0.3 is 0 Å². The zero-order valence-electron chi connectivity index (χ0n) is 12.4. The summed E-state index contributed by atoms with van der Waals surface area (Å²) in [5.41, 5.74) is -0.867. The number of nitrogens with zero attached hydrogens (tertiary/aromatic N) is 2. The van der Waals surface area contributed by atoms with Crippen LogP contribution in [0.1, 0.15) is 56.2 Å². The molecule has 2 heterocycles. The highest BCUT2D eigenvalue weighted by Crippen LogP contribution is 2.36. The van der Waals surface area contributed by atoms with E-state index in [1.807, 2.05) is 0 Å². The van der Waals surface area contributed by atoms with Gasteiger partial charge in [0.25, 0.3) is 11.8 Å². The Morgan fingerprint density at radius 2 is 2.00 bits per heavy atom. The molecule has 0 aromatic carbocycles. The fourth-order valence-corrected chi connectivity index (χ4v) is 3.18. The minimum Gasteiger partial charge on any atom is -0.381 e. The number of hydrogen-bond acceptors (Lipinski definition) is 5. The molecule has 1 aliphatic carbocycles. The van der Waals surface area contributed by atoms with E-state index in [4.69, 9.17) is 9.26 Å². The molecule has 1 amide bonds. The Hall–Kier alpha value is -1.76. The summed E-state index contributed by atoms with van der Waals surface area (Å²) in [6, 6.07) is 0. The lowest BCUT2D eigenvalue weighted by molar-refractivity contribution is -0.122. The summed E-state index contributed by atoms with van der Waals surface area (Å²) in [7, 11) is 0. The van der Waals surface area contributed by atoms with Crippen molar-refractivity contribution < 1.29 is 18.4 Å². The fraction of sp³-hybridized carbons (Fsp3) is 0.667. The quantitative estimate of drug-likeness (QED) is 0.864. The predicted octanol–water partition coefficient (Wildman–Crippen LogP) is 2.33. The van der Waals surface area contributed by atoms with Gasteiger partial charge in [0.15, 0.2) is 11.7 Å². The van der Waals surface area contributed by atoms with Crippen LogP contribution < -0.4 is 5.32 Å². The Morgan fingerprint density at radius 1 is 1.32 bits per heavy atom. The Kier molecular flexibility index (Phi) is 4.24. The molecule has 6 nitrogen and oxygen atoms in total. The number of carbonyl (C=O) groups excluding carboxylic acids is 1. The van der Waals surface area contributed by atoms with Crippen molar-refractivity contribution in [3.8, 4) is 0 Å². The van der Waals surface area contributed by atoms with Crippen LogP contribution in [-0.4, -0.2) is 29.3 Å². The molecular weight excluding hydrogens is 289 g/mol. The first-order chi connectivity index (χ1) is 10.6. The smallest absolute Gasteiger partial charge is 0.280 e. The van der Waals surface area contributed by atoms with E-state index in [9.17, 15) is 9.18 Å². The molecule has 0 unspecified atom stereocenters. The van der Waals surface area contributed by atoms with E-state index in [1.165, 1.54) is 12.8 Å². The Balaban J connectivity index is 1.85. The number of nitrogens with one attached hydrogen (secondary N) is 1. The summed E-state index contributed by atoms with van der Waals surface area (Å²) in [6.07, 6.45) is 5.40. The van der Waals surface area contributed by atoms with Crippen molar-refractivity contribution in [1.29, 1.82) is 0 Å². The number of aromatic nitrogens is 2. The van der Waals surface area contributed by atoms with Crippen LogP contribution in [-0.2, 0) is 15.1 Å². The van der Waals surface area contributed by atoms with Crippen molar-refractivity contribution in [3.05, 3.63) is 24.1 Å². The number of hydrogen-bond donors (Lipinski definition) is 1. The monoisotopic (exact) mass is 309 g/mol. The minimum atomic E-state index is -1.03. The number of ether oxygens (including phenoxy) is 1. The van der Waals surface area contributed by atoms with E-state index in [2.05, 4.69) is 22.0 Å². The second-order valence-electron chi connectivity index (χ2n) is 5.99. The zero-order valence-corrected chi connectivity index (χ0v) is 12.4. The molecule has 1 saturated carbocycles. The van der Waals surface area contributed by atoms with Crippen molar-refractivity contribution in [2.45, 2.75) is 50.0 Å². The summed E-state index contributed by atoms with van der Waals surface area (Å²) in [4.78, 5) is 16.2. The highest BCUT2D eigenvalue weighted by molar-refractivity contribution is 5.91. The molecular formula is C15H20FN3O3. The maximum absolute atomic E-state index is 13.1. The third kappa shape index (κ3) is 2.90. The van der Waals surface area contributed by atoms with Crippen LogP contribution in [0.25, 0.3) is 0 Å². The molecule has 7 heteroatoms. The lowest BCUT2D eigenvalue weighted by Gasteiger charge is -2.34. The second-order valence-corrected chi connectivity index (χ2v) is 5.99. The van der Waals surface area contributed by atoms with Crippen molar-refractivity contribution in [3.63, 3.8) is 0 Å². The van der Waals surface area contributed by atoms with Crippen molar-refractivity contribution in [1.82, 2.24) is 15.5 Å². The summed E-state index contributed by atoms with van der Waals surface area (Å²) >= 11 is 0. The lowest BCUT2D eigenvalue weighted by atomic mass is 9.89. The first kappa shape index (κ1) is 15.1. The van der Waals surface area contributed by atoms with Crippen LogP contribution in [0, 0.1) is 0 Å². The molecule has 1 aliphatic heterocycles. The standard InChI is InChI=1S/C15H20FN3O3/c1-10(16)13(20)18-15(6-8-21-9-7-15)14-17-12(19-22-14)11-4-2-3-5-11/h11H,1-9H2,(H,18,20). The number of rotatable bonds is 4. The third-order valence-electron chi connectivity index (χ3n) is 4.52. The Labute approximate surface area is 128 Å². The van der Waals surface area contributed by atoms with E-state index in [-0.39, 0.29) is 0 Å². The molecule has 3 rings (SSSR count). The van der Waals surface area contributed by atoms with Crippen LogP contribution in [0.2, 0.25) is 0 Å². The summed E-state index contributed by atoms with van der Waals surface area (Å²) in [5, 5.41) is 6.74. The second kappa shape index (κ2) is 6.16. The Bertz CT molecular complexity index is 560. The fourth-order valence-electron chi connectivity index (χ4n) is 3.18. The number of halogens is 1. The topological polar surface area (TPSA) is 77.3 Å². The molecule has 2 aliphatic rings. The molecule has 120 valence electrons. The molecule has 2 fully saturated rings. The molecule has 0 spiro atoms. The molecule has 1 aromatic heterocycles. The first-order valence-corrected chi connectivity index (χ1v) is 7.69. The molecule has 0 atom stereocenters. The SMILES string of the molecule is C=C(F)C(=O)NC1(c2nc(C3CCCC3)no2)CCOCC1. The maximum atomic E-state index is 13.1. The van der Waals surface area contributed by atoms with E-state index in [0.29, 0.717) is 43.7 Å². The largest absolute Gasteiger partial charge is 0.381 e. The molecule has 0 bridgehead atoms. The van der Waals surface area contributed by atoms with Crippen LogP contribution in [0.15, 0.2) is 16.9 Å². The summed E-state index contributed by atoms with van der Waals surface area (Å²) in [5.74, 6) is -0.524. The van der Waals surface area contributed by atoms with Crippen molar-refractivity contribution in [2.24, 2.45) is 0 Å². The predicted molar refractivity (Wildman–Crippen MR) is 75.6 cm³/mol. The Morgan fingerprint density at radius 3 is 2.64 bits per heavy atom. The van der Waals surface area contributed by atoms with Crippen LogP contribution in [0.5, 0.6) is 0 Å². The van der Waals surface area contributed by atoms with Gasteiger partial charge in [0, 0.05) is 32.0 Å². The molecule has 0 radical (unpaired) electrons. The first-order valence-electron chi connectivity index (χ1n) is 7.69. The van der Waals surface area contributed by atoms with E-state index >= 15 is 0 Å². The zero-order chi connectivity index (χ0) is 15.6. The normalized spacial score (nSPS) is 21.7. The van der Waals surface area contributed by atoms with Gasteiger partial charge in [-0.25, -0.2) is 4.39 Å². The van der Waals surface area contributed by atoms with E-state index in [0.717, 1.165) is 12.8 Å².